The number of nitrogens with zero attached hydrogens (tertiary/aromatic N) is 1. The summed E-state index contributed by atoms with van der Waals surface area (Å²) in [4.78, 5) is 4.29. The van der Waals surface area contributed by atoms with Crippen LogP contribution < -0.4 is 10.5 Å². The van der Waals surface area contributed by atoms with E-state index in [1.165, 1.54) is 0 Å². The molecule has 0 radical (unpaired) electrons. The molecule has 0 aliphatic rings. The van der Waals surface area contributed by atoms with Crippen LogP contribution in [0.2, 0.25) is 0 Å². The standard InChI is InChI=1S/C15H17BrN2O/c1-10-5-12(7-17)6-11(2)15(10)19-9-14-4-3-13(16)8-18-14/h3-6,8H,7,9,17H2,1-2H3. The summed E-state index contributed by atoms with van der Waals surface area (Å²) in [6.07, 6.45) is 1.77. The number of aromatic nitrogens is 1. The van der Waals surface area contributed by atoms with Gasteiger partial charge in [-0.1, -0.05) is 12.1 Å². The van der Waals surface area contributed by atoms with Crippen LogP contribution >= 0.6 is 15.9 Å². The van der Waals surface area contributed by atoms with Crippen molar-refractivity contribution in [3.8, 4) is 5.75 Å². The van der Waals surface area contributed by atoms with Gasteiger partial charge in [0.05, 0.1) is 5.69 Å². The molecule has 0 saturated heterocycles. The van der Waals surface area contributed by atoms with Crippen LogP contribution in [0.15, 0.2) is 34.9 Å². The lowest BCUT2D eigenvalue weighted by atomic mass is 10.1. The minimum absolute atomic E-state index is 0.469. The fourth-order valence-electron chi connectivity index (χ4n) is 2.02. The number of rotatable bonds is 4. The maximum atomic E-state index is 5.87. The van der Waals surface area contributed by atoms with Gasteiger partial charge in [-0.25, -0.2) is 0 Å². The average molecular weight is 321 g/mol. The lowest BCUT2D eigenvalue weighted by molar-refractivity contribution is 0.297. The molecule has 0 amide bonds. The summed E-state index contributed by atoms with van der Waals surface area (Å²) in [7, 11) is 0. The normalized spacial score (nSPS) is 10.5. The molecule has 0 aliphatic heterocycles. The number of nitrogens with two attached hydrogens (primary N) is 1. The molecule has 0 saturated carbocycles. The van der Waals surface area contributed by atoms with Gasteiger partial charge in [-0.05, 0) is 58.6 Å². The molecule has 19 heavy (non-hydrogen) atoms. The molecule has 4 heteroatoms. The van der Waals surface area contributed by atoms with Gasteiger partial charge in [0.2, 0.25) is 0 Å². The molecule has 0 aliphatic carbocycles. The van der Waals surface area contributed by atoms with Crippen molar-refractivity contribution in [3.05, 3.63) is 57.3 Å². The third-order valence-electron chi connectivity index (χ3n) is 2.91. The van der Waals surface area contributed by atoms with E-state index in [1.54, 1.807) is 6.20 Å². The zero-order valence-corrected chi connectivity index (χ0v) is 12.7. The molecular weight excluding hydrogens is 304 g/mol. The maximum Gasteiger partial charge on any atom is 0.130 e. The first-order valence-corrected chi connectivity index (χ1v) is 6.93. The summed E-state index contributed by atoms with van der Waals surface area (Å²) in [5.74, 6) is 0.918. The molecule has 0 spiro atoms. The van der Waals surface area contributed by atoms with Crippen molar-refractivity contribution in [1.82, 2.24) is 4.98 Å². The van der Waals surface area contributed by atoms with Gasteiger partial charge in [0, 0.05) is 17.2 Å². The molecule has 0 fully saturated rings. The summed E-state index contributed by atoms with van der Waals surface area (Å²) < 4.78 is 6.84. The molecule has 100 valence electrons. The van der Waals surface area contributed by atoms with Gasteiger partial charge in [-0.2, -0.15) is 0 Å². The Labute approximate surface area is 121 Å². The number of hydrogen-bond acceptors (Lipinski definition) is 3. The van der Waals surface area contributed by atoms with E-state index in [0.717, 1.165) is 32.6 Å². The molecule has 0 atom stereocenters. The second-order valence-corrected chi connectivity index (χ2v) is 5.43. The SMILES string of the molecule is Cc1cc(CN)cc(C)c1OCc1ccc(Br)cn1. The Balaban J connectivity index is 2.13. The molecular formula is C15H17BrN2O. The molecule has 0 unspecified atom stereocenters. The summed E-state index contributed by atoms with van der Waals surface area (Å²) in [6.45, 7) is 5.10. The third-order valence-corrected chi connectivity index (χ3v) is 3.38. The maximum absolute atomic E-state index is 5.87. The first kappa shape index (κ1) is 14.0. The number of pyridine rings is 1. The minimum atomic E-state index is 0.469. The van der Waals surface area contributed by atoms with Crippen molar-refractivity contribution in [2.75, 3.05) is 0 Å². The number of benzene rings is 1. The Kier molecular flexibility index (Phi) is 4.56. The highest BCUT2D eigenvalue weighted by Crippen LogP contribution is 2.25. The lowest BCUT2D eigenvalue weighted by Gasteiger charge is -2.13. The fourth-order valence-corrected chi connectivity index (χ4v) is 2.26. The first-order valence-electron chi connectivity index (χ1n) is 6.13. The summed E-state index contributed by atoms with van der Waals surface area (Å²) in [6, 6.07) is 8.04. The lowest BCUT2D eigenvalue weighted by Crippen LogP contribution is -2.03. The predicted octanol–water partition coefficient (Wildman–Crippen LogP) is 3.50. The van der Waals surface area contributed by atoms with Crippen molar-refractivity contribution >= 4 is 15.9 Å². The molecule has 1 aromatic heterocycles. The Hall–Kier alpha value is -1.39. The van der Waals surface area contributed by atoms with Crippen molar-refractivity contribution in [1.29, 1.82) is 0 Å². The quantitative estimate of drug-likeness (QED) is 0.937. The number of aryl methyl sites for hydroxylation is 2. The van der Waals surface area contributed by atoms with Crippen LogP contribution in [0.3, 0.4) is 0 Å². The number of hydrogen-bond donors (Lipinski definition) is 1. The van der Waals surface area contributed by atoms with E-state index < -0.39 is 0 Å². The third kappa shape index (κ3) is 3.55. The summed E-state index contributed by atoms with van der Waals surface area (Å²) in [5, 5.41) is 0. The van der Waals surface area contributed by atoms with Gasteiger partial charge < -0.3 is 10.5 Å². The summed E-state index contributed by atoms with van der Waals surface area (Å²) in [5.41, 5.74) is 9.92. The monoisotopic (exact) mass is 320 g/mol. The van der Waals surface area contributed by atoms with E-state index in [9.17, 15) is 0 Å². The van der Waals surface area contributed by atoms with Crippen molar-refractivity contribution in [2.45, 2.75) is 27.0 Å². The van der Waals surface area contributed by atoms with Crippen molar-refractivity contribution < 1.29 is 4.74 Å². The van der Waals surface area contributed by atoms with Crippen LogP contribution in [0.25, 0.3) is 0 Å². The van der Waals surface area contributed by atoms with Gasteiger partial charge in [-0.3, -0.25) is 4.98 Å². The van der Waals surface area contributed by atoms with Crippen LogP contribution in [0.1, 0.15) is 22.4 Å². The highest BCUT2D eigenvalue weighted by molar-refractivity contribution is 9.10. The molecule has 0 bridgehead atoms. The topological polar surface area (TPSA) is 48.1 Å². The highest BCUT2D eigenvalue weighted by atomic mass is 79.9. The average Bonchev–Trinajstić information content (AvgIpc) is 2.39. The molecule has 1 aromatic carbocycles. The van der Waals surface area contributed by atoms with Crippen LogP contribution in [0, 0.1) is 13.8 Å². The molecule has 1 heterocycles. The van der Waals surface area contributed by atoms with Crippen molar-refractivity contribution in [2.24, 2.45) is 5.73 Å². The molecule has 2 aromatic rings. The highest BCUT2D eigenvalue weighted by Gasteiger charge is 2.06. The Morgan fingerprint density at radius 2 is 1.89 bits per heavy atom. The fraction of sp³-hybridized carbons (Fsp3) is 0.267. The smallest absolute Gasteiger partial charge is 0.130 e. The second kappa shape index (κ2) is 6.17. The minimum Gasteiger partial charge on any atom is -0.487 e. The largest absolute Gasteiger partial charge is 0.487 e. The second-order valence-electron chi connectivity index (χ2n) is 4.52. The van der Waals surface area contributed by atoms with Crippen LogP contribution in [0.4, 0.5) is 0 Å². The van der Waals surface area contributed by atoms with E-state index in [4.69, 9.17) is 10.5 Å². The van der Waals surface area contributed by atoms with E-state index in [1.807, 2.05) is 26.0 Å². The van der Waals surface area contributed by atoms with Gasteiger partial charge >= 0.3 is 0 Å². The van der Waals surface area contributed by atoms with Gasteiger partial charge in [0.15, 0.2) is 0 Å². The first-order chi connectivity index (χ1) is 9.10. The Morgan fingerprint density at radius 3 is 2.42 bits per heavy atom. The summed E-state index contributed by atoms with van der Waals surface area (Å²) >= 11 is 3.37. The van der Waals surface area contributed by atoms with Gasteiger partial charge in [-0.15, -0.1) is 0 Å². The van der Waals surface area contributed by atoms with E-state index in [0.29, 0.717) is 13.2 Å². The number of halogens is 1. The van der Waals surface area contributed by atoms with Gasteiger partial charge in [0.25, 0.3) is 0 Å². The predicted molar refractivity (Wildman–Crippen MR) is 80.1 cm³/mol. The number of ether oxygens (including phenoxy) is 1. The van der Waals surface area contributed by atoms with Crippen LogP contribution in [-0.4, -0.2) is 4.98 Å². The van der Waals surface area contributed by atoms with E-state index >= 15 is 0 Å². The van der Waals surface area contributed by atoms with Gasteiger partial charge in [0.1, 0.15) is 12.4 Å². The zero-order valence-electron chi connectivity index (χ0n) is 11.1. The Bertz CT molecular complexity index is 544. The molecule has 2 rings (SSSR count). The zero-order chi connectivity index (χ0) is 13.8. The molecule has 2 N–H and O–H groups in total. The van der Waals surface area contributed by atoms with Crippen LogP contribution in [0.5, 0.6) is 5.75 Å². The van der Waals surface area contributed by atoms with E-state index in [-0.39, 0.29) is 0 Å². The van der Waals surface area contributed by atoms with Crippen molar-refractivity contribution in [3.63, 3.8) is 0 Å². The molecule has 3 nitrogen and oxygen atoms in total. The Morgan fingerprint density at radius 1 is 1.21 bits per heavy atom. The van der Waals surface area contributed by atoms with E-state index in [2.05, 4.69) is 33.0 Å². The van der Waals surface area contributed by atoms with Crippen LogP contribution in [-0.2, 0) is 13.2 Å².